The van der Waals surface area contributed by atoms with Gasteiger partial charge in [0.1, 0.15) is 0 Å². The van der Waals surface area contributed by atoms with E-state index in [-0.39, 0.29) is 23.6 Å². The van der Waals surface area contributed by atoms with Crippen LogP contribution in [0, 0.1) is 11.3 Å². The smallest absolute Gasteiger partial charge is 0.253 e. The van der Waals surface area contributed by atoms with Gasteiger partial charge in [-0.05, 0) is 24.3 Å². The summed E-state index contributed by atoms with van der Waals surface area (Å²) in [7, 11) is 0. The lowest BCUT2D eigenvalue weighted by atomic mass is 9.94. The van der Waals surface area contributed by atoms with E-state index in [9.17, 15) is 14.4 Å². The Morgan fingerprint density at radius 3 is 1.88 bits per heavy atom. The summed E-state index contributed by atoms with van der Waals surface area (Å²) in [6.45, 7) is 11.6. The van der Waals surface area contributed by atoms with Crippen LogP contribution < -0.4 is 5.32 Å². The van der Waals surface area contributed by atoms with Crippen LogP contribution in [-0.2, 0) is 9.59 Å². The van der Waals surface area contributed by atoms with Crippen LogP contribution in [0.25, 0.3) is 0 Å². The molecule has 6 heteroatoms. The number of benzene rings is 1. The van der Waals surface area contributed by atoms with Crippen molar-refractivity contribution in [3.05, 3.63) is 29.8 Å². The number of hydrogen-bond acceptors (Lipinski definition) is 3. The number of nitrogens with one attached hydrogen (secondary N) is 1. The zero-order valence-corrected chi connectivity index (χ0v) is 16.3. The molecule has 3 amide bonds. The van der Waals surface area contributed by atoms with Crippen LogP contribution in [0.5, 0.6) is 0 Å². The maximum atomic E-state index is 12.7. The number of rotatable bonds is 3. The van der Waals surface area contributed by atoms with E-state index in [1.54, 1.807) is 29.2 Å². The molecule has 2 rings (SSSR count). The fourth-order valence-electron chi connectivity index (χ4n) is 2.75. The molecule has 1 aromatic carbocycles. The standard InChI is InChI=1S/C20H29N3O3/c1-14(2)17(24)21-16-8-6-15(7-9-16)18(25)22-10-12-23(13-11-22)19(26)20(3,4)5/h6-9,14H,10-13H2,1-5H3,(H,21,24). The molecule has 0 spiro atoms. The van der Waals surface area contributed by atoms with Crippen molar-refractivity contribution in [1.82, 2.24) is 9.80 Å². The summed E-state index contributed by atoms with van der Waals surface area (Å²) in [6.07, 6.45) is 0. The first-order valence-corrected chi connectivity index (χ1v) is 9.09. The van der Waals surface area contributed by atoms with Crippen molar-refractivity contribution < 1.29 is 14.4 Å². The summed E-state index contributed by atoms with van der Waals surface area (Å²) >= 11 is 0. The predicted molar refractivity (Wildman–Crippen MR) is 102 cm³/mol. The quantitative estimate of drug-likeness (QED) is 0.902. The lowest BCUT2D eigenvalue weighted by Crippen LogP contribution is -2.53. The number of hydrogen-bond donors (Lipinski definition) is 1. The van der Waals surface area contributed by atoms with E-state index < -0.39 is 5.41 Å². The van der Waals surface area contributed by atoms with E-state index in [4.69, 9.17) is 0 Å². The lowest BCUT2D eigenvalue weighted by molar-refractivity contribution is -0.140. The van der Waals surface area contributed by atoms with Crippen LogP contribution in [-0.4, -0.2) is 53.7 Å². The molecule has 0 aliphatic carbocycles. The van der Waals surface area contributed by atoms with Gasteiger partial charge in [-0.25, -0.2) is 0 Å². The summed E-state index contributed by atoms with van der Waals surface area (Å²) in [5, 5.41) is 2.81. The summed E-state index contributed by atoms with van der Waals surface area (Å²) in [4.78, 5) is 40.3. The van der Waals surface area contributed by atoms with Gasteiger partial charge in [0.2, 0.25) is 11.8 Å². The topological polar surface area (TPSA) is 69.7 Å². The number of amides is 3. The average Bonchev–Trinajstić information content (AvgIpc) is 2.60. The predicted octanol–water partition coefficient (Wildman–Crippen LogP) is 2.61. The molecule has 1 N–H and O–H groups in total. The fraction of sp³-hybridized carbons (Fsp3) is 0.550. The van der Waals surface area contributed by atoms with Crippen LogP contribution in [0.4, 0.5) is 5.69 Å². The minimum Gasteiger partial charge on any atom is -0.339 e. The molecule has 0 atom stereocenters. The fourth-order valence-corrected chi connectivity index (χ4v) is 2.75. The molecule has 6 nitrogen and oxygen atoms in total. The Morgan fingerprint density at radius 1 is 0.923 bits per heavy atom. The van der Waals surface area contributed by atoms with Crippen molar-refractivity contribution in [1.29, 1.82) is 0 Å². The van der Waals surface area contributed by atoms with Crippen LogP contribution in [0.3, 0.4) is 0 Å². The van der Waals surface area contributed by atoms with Gasteiger partial charge in [0.25, 0.3) is 5.91 Å². The third-order valence-corrected chi connectivity index (χ3v) is 4.42. The molecule has 1 heterocycles. The average molecular weight is 359 g/mol. The molecular formula is C20H29N3O3. The molecule has 26 heavy (non-hydrogen) atoms. The van der Waals surface area contributed by atoms with Gasteiger partial charge in [0.05, 0.1) is 0 Å². The zero-order valence-electron chi connectivity index (χ0n) is 16.3. The van der Waals surface area contributed by atoms with Crippen LogP contribution >= 0.6 is 0 Å². The Morgan fingerprint density at radius 2 is 1.42 bits per heavy atom. The van der Waals surface area contributed by atoms with Gasteiger partial charge in [-0.15, -0.1) is 0 Å². The van der Waals surface area contributed by atoms with E-state index in [0.717, 1.165) is 0 Å². The van der Waals surface area contributed by atoms with E-state index >= 15 is 0 Å². The second-order valence-corrected chi connectivity index (χ2v) is 8.06. The molecule has 0 saturated carbocycles. The molecule has 1 aromatic rings. The summed E-state index contributed by atoms with van der Waals surface area (Å²) in [6, 6.07) is 6.94. The Hall–Kier alpha value is -2.37. The van der Waals surface area contributed by atoms with Crippen molar-refractivity contribution in [2.24, 2.45) is 11.3 Å². The van der Waals surface area contributed by atoms with Gasteiger partial charge in [0, 0.05) is 48.8 Å². The molecule has 1 aliphatic rings. The van der Waals surface area contributed by atoms with E-state index in [0.29, 0.717) is 37.4 Å². The van der Waals surface area contributed by atoms with Gasteiger partial charge in [0.15, 0.2) is 0 Å². The maximum Gasteiger partial charge on any atom is 0.253 e. The number of piperazine rings is 1. The van der Waals surface area contributed by atoms with Crippen LogP contribution in [0.2, 0.25) is 0 Å². The highest BCUT2D eigenvalue weighted by molar-refractivity contribution is 5.96. The molecule has 1 fully saturated rings. The molecule has 1 aliphatic heterocycles. The third kappa shape index (κ3) is 4.84. The number of anilines is 1. The van der Waals surface area contributed by atoms with E-state index in [2.05, 4.69) is 5.32 Å². The van der Waals surface area contributed by atoms with E-state index in [1.807, 2.05) is 39.5 Å². The molecule has 0 unspecified atom stereocenters. The monoisotopic (exact) mass is 359 g/mol. The first-order chi connectivity index (χ1) is 12.1. The Kier molecular flexibility index (Phi) is 6.05. The van der Waals surface area contributed by atoms with Gasteiger partial charge >= 0.3 is 0 Å². The second-order valence-electron chi connectivity index (χ2n) is 8.06. The van der Waals surface area contributed by atoms with Crippen LogP contribution in [0.1, 0.15) is 45.0 Å². The van der Waals surface area contributed by atoms with Gasteiger partial charge in [-0.3, -0.25) is 14.4 Å². The third-order valence-electron chi connectivity index (χ3n) is 4.42. The Labute approximate surface area is 155 Å². The highest BCUT2D eigenvalue weighted by atomic mass is 16.2. The zero-order chi connectivity index (χ0) is 19.5. The summed E-state index contributed by atoms with van der Waals surface area (Å²) < 4.78 is 0. The van der Waals surface area contributed by atoms with Crippen molar-refractivity contribution in [3.8, 4) is 0 Å². The van der Waals surface area contributed by atoms with Gasteiger partial charge in [-0.2, -0.15) is 0 Å². The lowest BCUT2D eigenvalue weighted by Gasteiger charge is -2.37. The van der Waals surface area contributed by atoms with Crippen molar-refractivity contribution in [3.63, 3.8) is 0 Å². The van der Waals surface area contributed by atoms with E-state index in [1.165, 1.54) is 0 Å². The Bertz CT molecular complexity index is 667. The second kappa shape index (κ2) is 7.89. The normalized spacial score (nSPS) is 15.2. The maximum absolute atomic E-state index is 12.7. The summed E-state index contributed by atoms with van der Waals surface area (Å²) in [5.74, 6) is -0.0726. The van der Waals surface area contributed by atoms with Gasteiger partial charge in [-0.1, -0.05) is 34.6 Å². The number of carbonyl (C=O) groups is 3. The highest BCUT2D eigenvalue weighted by Crippen LogP contribution is 2.19. The molecule has 0 radical (unpaired) electrons. The van der Waals surface area contributed by atoms with Crippen molar-refractivity contribution in [2.45, 2.75) is 34.6 Å². The molecule has 0 aromatic heterocycles. The Balaban J connectivity index is 1.94. The number of nitrogens with zero attached hydrogens (tertiary/aromatic N) is 2. The first kappa shape index (κ1) is 19.9. The minimum absolute atomic E-state index is 0.0467. The largest absolute Gasteiger partial charge is 0.339 e. The summed E-state index contributed by atoms with van der Waals surface area (Å²) in [5.41, 5.74) is 0.867. The molecule has 1 saturated heterocycles. The van der Waals surface area contributed by atoms with Crippen molar-refractivity contribution in [2.75, 3.05) is 31.5 Å². The minimum atomic E-state index is -0.400. The SMILES string of the molecule is CC(C)C(=O)Nc1ccc(C(=O)N2CCN(C(=O)C(C)(C)C)CC2)cc1. The molecular weight excluding hydrogens is 330 g/mol. The molecule has 142 valence electrons. The molecule has 0 bridgehead atoms. The number of carbonyl (C=O) groups excluding carboxylic acids is 3. The first-order valence-electron chi connectivity index (χ1n) is 9.09. The highest BCUT2D eigenvalue weighted by Gasteiger charge is 2.31. The van der Waals surface area contributed by atoms with Crippen LogP contribution in [0.15, 0.2) is 24.3 Å². The van der Waals surface area contributed by atoms with Gasteiger partial charge < -0.3 is 15.1 Å². The van der Waals surface area contributed by atoms with Crippen molar-refractivity contribution >= 4 is 23.4 Å².